The molecule has 2 heteroatoms. The molecule has 66 valence electrons. The van der Waals surface area contributed by atoms with Gasteiger partial charge in [0, 0.05) is 12.8 Å². The molecule has 0 saturated carbocycles. The molecule has 0 fully saturated rings. The fourth-order valence-corrected chi connectivity index (χ4v) is 0.956. The molecule has 0 aliphatic heterocycles. The molecule has 1 rings (SSSR count). The van der Waals surface area contributed by atoms with E-state index in [0.717, 1.165) is 18.7 Å². The van der Waals surface area contributed by atoms with Crippen LogP contribution in [0.25, 0.3) is 0 Å². The van der Waals surface area contributed by atoms with Crippen LogP contribution in [0.3, 0.4) is 0 Å². The maximum atomic E-state index is 5.23. The molecule has 1 aromatic heterocycles. The molecule has 12 heavy (non-hydrogen) atoms. The van der Waals surface area contributed by atoms with Gasteiger partial charge >= 0.3 is 0 Å². The molecule has 1 aromatic rings. The van der Waals surface area contributed by atoms with Gasteiger partial charge in [0.25, 0.3) is 0 Å². The minimum atomic E-state index is 0.625. The van der Waals surface area contributed by atoms with E-state index in [1.54, 1.807) is 0 Å². The fourth-order valence-electron chi connectivity index (χ4n) is 0.956. The number of aryl methyl sites for hydroxylation is 1. The first-order chi connectivity index (χ1) is 5.86. The third-order valence-corrected chi connectivity index (χ3v) is 1.75. The van der Waals surface area contributed by atoms with Gasteiger partial charge in [0.05, 0.1) is 12.3 Å². The van der Waals surface area contributed by atoms with Crippen LogP contribution in [0.4, 0.5) is 0 Å². The lowest BCUT2D eigenvalue weighted by molar-refractivity contribution is 0.131. The van der Waals surface area contributed by atoms with Crippen molar-refractivity contribution in [1.29, 1.82) is 0 Å². The first-order valence-electron chi connectivity index (χ1n) is 4.38. The maximum absolute atomic E-state index is 5.23. The van der Waals surface area contributed by atoms with Crippen molar-refractivity contribution >= 4 is 0 Å². The van der Waals surface area contributed by atoms with Crippen LogP contribution < -0.4 is 0 Å². The Kier molecular flexibility index (Phi) is 3.74. The van der Waals surface area contributed by atoms with Gasteiger partial charge in [-0.3, -0.25) is 4.98 Å². The van der Waals surface area contributed by atoms with E-state index in [1.165, 1.54) is 5.56 Å². The summed E-state index contributed by atoms with van der Waals surface area (Å²) in [6.07, 6.45) is 2.95. The highest BCUT2D eigenvalue weighted by atomic mass is 16.5. The molecule has 0 amide bonds. The zero-order chi connectivity index (χ0) is 8.81. The van der Waals surface area contributed by atoms with E-state index in [9.17, 15) is 0 Å². The van der Waals surface area contributed by atoms with Crippen molar-refractivity contribution in [3.63, 3.8) is 0 Å². The summed E-state index contributed by atoms with van der Waals surface area (Å²) in [6.45, 7) is 5.48. The number of hydrogen-bond donors (Lipinski definition) is 0. The maximum Gasteiger partial charge on any atom is 0.0887 e. The number of ether oxygens (including phenoxy) is 1. The van der Waals surface area contributed by atoms with Crippen LogP contribution >= 0.6 is 0 Å². The van der Waals surface area contributed by atoms with E-state index in [-0.39, 0.29) is 0 Å². The first kappa shape index (κ1) is 9.20. The number of aromatic nitrogens is 1. The highest BCUT2D eigenvalue weighted by Gasteiger charge is 1.93. The van der Waals surface area contributed by atoms with Gasteiger partial charge in [-0.1, -0.05) is 13.0 Å². The summed E-state index contributed by atoms with van der Waals surface area (Å²) in [5.41, 5.74) is 2.28. The molecule has 0 radical (unpaired) electrons. The largest absolute Gasteiger partial charge is 0.375 e. The fraction of sp³-hybridized carbons (Fsp3) is 0.500. The van der Waals surface area contributed by atoms with Gasteiger partial charge in [0.15, 0.2) is 0 Å². The minimum absolute atomic E-state index is 0.625. The molecule has 0 aliphatic carbocycles. The highest BCUT2D eigenvalue weighted by Crippen LogP contribution is 2.01. The molecule has 0 atom stereocenters. The van der Waals surface area contributed by atoms with Gasteiger partial charge in [-0.25, -0.2) is 0 Å². The molecule has 0 bridgehead atoms. The van der Waals surface area contributed by atoms with E-state index in [2.05, 4.69) is 18.0 Å². The van der Waals surface area contributed by atoms with Crippen LogP contribution in [0.2, 0.25) is 0 Å². The Labute approximate surface area is 73.6 Å². The molecule has 2 nitrogen and oxygen atoms in total. The quantitative estimate of drug-likeness (QED) is 0.682. The second-order valence-corrected chi connectivity index (χ2v) is 2.65. The van der Waals surface area contributed by atoms with Gasteiger partial charge in [0.1, 0.15) is 0 Å². The zero-order valence-electron chi connectivity index (χ0n) is 7.71. The monoisotopic (exact) mass is 165 g/mol. The molecule has 0 aromatic carbocycles. The summed E-state index contributed by atoms with van der Waals surface area (Å²) < 4.78 is 5.23. The standard InChI is InChI=1S/C10H15NO/c1-3-9-5-6-10(11-7-9)8-12-4-2/h5-7H,3-4,8H2,1-2H3. The van der Waals surface area contributed by atoms with E-state index < -0.39 is 0 Å². The minimum Gasteiger partial charge on any atom is -0.375 e. The Morgan fingerprint density at radius 1 is 1.33 bits per heavy atom. The molecule has 0 aliphatic rings. The second kappa shape index (κ2) is 4.88. The van der Waals surface area contributed by atoms with Crippen molar-refractivity contribution in [1.82, 2.24) is 4.98 Å². The normalized spacial score (nSPS) is 10.2. The number of pyridine rings is 1. The lowest BCUT2D eigenvalue weighted by Crippen LogP contribution is -1.95. The topological polar surface area (TPSA) is 22.1 Å². The van der Waals surface area contributed by atoms with Crippen molar-refractivity contribution in [3.8, 4) is 0 Å². The van der Waals surface area contributed by atoms with Gasteiger partial charge in [-0.15, -0.1) is 0 Å². The summed E-state index contributed by atoms with van der Waals surface area (Å²) in [4.78, 5) is 4.26. The van der Waals surface area contributed by atoms with Crippen molar-refractivity contribution in [2.45, 2.75) is 26.9 Å². The van der Waals surface area contributed by atoms with Crippen LogP contribution in [0.5, 0.6) is 0 Å². The summed E-state index contributed by atoms with van der Waals surface area (Å²) in [5.74, 6) is 0. The molecule has 0 saturated heterocycles. The molecule has 0 spiro atoms. The molecular weight excluding hydrogens is 150 g/mol. The lowest BCUT2D eigenvalue weighted by Gasteiger charge is -2.01. The summed E-state index contributed by atoms with van der Waals surface area (Å²) >= 11 is 0. The predicted molar refractivity (Wildman–Crippen MR) is 48.9 cm³/mol. The lowest BCUT2D eigenvalue weighted by atomic mass is 10.2. The SMILES string of the molecule is CCOCc1ccc(CC)cn1. The van der Waals surface area contributed by atoms with Crippen molar-refractivity contribution < 1.29 is 4.74 Å². The average Bonchev–Trinajstić information content (AvgIpc) is 2.15. The van der Waals surface area contributed by atoms with E-state index in [1.807, 2.05) is 19.2 Å². The van der Waals surface area contributed by atoms with Crippen molar-refractivity contribution in [2.24, 2.45) is 0 Å². The molecular formula is C10H15NO. The van der Waals surface area contributed by atoms with Crippen LogP contribution in [0.1, 0.15) is 25.1 Å². The van der Waals surface area contributed by atoms with Crippen molar-refractivity contribution in [2.75, 3.05) is 6.61 Å². The second-order valence-electron chi connectivity index (χ2n) is 2.65. The highest BCUT2D eigenvalue weighted by molar-refractivity contribution is 5.13. The van der Waals surface area contributed by atoms with Crippen molar-refractivity contribution in [3.05, 3.63) is 29.6 Å². The smallest absolute Gasteiger partial charge is 0.0887 e. The van der Waals surface area contributed by atoms with Gasteiger partial charge < -0.3 is 4.74 Å². The first-order valence-corrected chi connectivity index (χ1v) is 4.38. The zero-order valence-corrected chi connectivity index (χ0v) is 7.71. The molecule has 1 heterocycles. The Morgan fingerprint density at radius 3 is 2.67 bits per heavy atom. The van der Waals surface area contributed by atoms with E-state index >= 15 is 0 Å². The third-order valence-electron chi connectivity index (χ3n) is 1.75. The summed E-state index contributed by atoms with van der Waals surface area (Å²) in [5, 5.41) is 0. The third kappa shape index (κ3) is 2.62. The summed E-state index contributed by atoms with van der Waals surface area (Å²) in [7, 11) is 0. The van der Waals surface area contributed by atoms with Crippen LogP contribution in [0.15, 0.2) is 18.3 Å². The Balaban J connectivity index is 2.53. The Bertz CT molecular complexity index is 218. The Hall–Kier alpha value is -0.890. The van der Waals surface area contributed by atoms with E-state index in [4.69, 9.17) is 4.74 Å². The Morgan fingerprint density at radius 2 is 2.17 bits per heavy atom. The van der Waals surface area contributed by atoms with Gasteiger partial charge in [-0.05, 0) is 25.0 Å². The number of hydrogen-bond acceptors (Lipinski definition) is 2. The van der Waals surface area contributed by atoms with Crippen LogP contribution in [-0.2, 0) is 17.8 Å². The van der Waals surface area contributed by atoms with Gasteiger partial charge in [0.2, 0.25) is 0 Å². The number of rotatable bonds is 4. The van der Waals surface area contributed by atoms with Crippen LogP contribution in [-0.4, -0.2) is 11.6 Å². The predicted octanol–water partition coefficient (Wildman–Crippen LogP) is 2.18. The molecule has 0 N–H and O–H groups in total. The van der Waals surface area contributed by atoms with Gasteiger partial charge in [-0.2, -0.15) is 0 Å². The van der Waals surface area contributed by atoms with E-state index in [0.29, 0.717) is 6.61 Å². The van der Waals surface area contributed by atoms with Crippen LogP contribution in [0, 0.1) is 0 Å². The number of nitrogens with zero attached hydrogens (tertiary/aromatic N) is 1. The summed E-state index contributed by atoms with van der Waals surface area (Å²) in [6, 6.07) is 4.12. The molecule has 0 unspecified atom stereocenters. The average molecular weight is 165 g/mol.